The third-order valence-corrected chi connectivity index (χ3v) is 4.33. The number of nitrogens with one attached hydrogen (secondary N) is 1. The number of aliphatic hydroxyl groups excluding tert-OH is 1. The summed E-state index contributed by atoms with van der Waals surface area (Å²) < 4.78 is 13.5. The molecule has 0 radical (unpaired) electrons. The fourth-order valence-corrected chi connectivity index (χ4v) is 3.16. The van der Waals surface area contributed by atoms with E-state index in [1.165, 1.54) is 6.33 Å². The standard InChI is InChI=1S/C12H15N5O4/c1-5-12(3-18)2-6(20-5)10(21-12)17-4-14-7-8(17)15-11(13)16-9(7)19/h4-6,10,18H,2-3H2,1H3,(H3,13,15,16,19)/t5-,6-,10-,12+/m1/s1. The molecule has 2 aliphatic rings. The van der Waals surface area contributed by atoms with Gasteiger partial charge < -0.3 is 20.3 Å². The maximum absolute atomic E-state index is 11.8. The molecule has 0 saturated carbocycles. The first-order valence-electron chi connectivity index (χ1n) is 6.70. The first kappa shape index (κ1) is 12.7. The van der Waals surface area contributed by atoms with Gasteiger partial charge in [-0.3, -0.25) is 14.3 Å². The molecule has 0 amide bonds. The summed E-state index contributed by atoms with van der Waals surface area (Å²) in [4.78, 5) is 22.4. The molecule has 2 saturated heterocycles. The van der Waals surface area contributed by atoms with Crippen molar-refractivity contribution in [3.8, 4) is 0 Å². The summed E-state index contributed by atoms with van der Waals surface area (Å²) in [6.45, 7) is 1.75. The van der Waals surface area contributed by atoms with E-state index < -0.39 is 17.4 Å². The molecule has 0 unspecified atom stereocenters. The van der Waals surface area contributed by atoms with E-state index in [1.807, 2.05) is 6.92 Å². The minimum atomic E-state index is -0.710. The fourth-order valence-electron chi connectivity index (χ4n) is 3.16. The lowest BCUT2D eigenvalue weighted by molar-refractivity contribution is -0.214. The average molecular weight is 293 g/mol. The van der Waals surface area contributed by atoms with E-state index in [0.29, 0.717) is 12.1 Å². The van der Waals surface area contributed by atoms with Gasteiger partial charge in [-0.15, -0.1) is 0 Å². The fraction of sp³-hybridized carbons (Fsp3) is 0.583. The third kappa shape index (κ3) is 1.59. The lowest BCUT2D eigenvalue weighted by Gasteiger charge is -2.34. The highest BCUT2D eigenvalue weighted by atomic mass is 16.6. The van der Waals surface area contributed by atoms with Gasteiger partial charge in [0.15, 0.2) is 17.4 Å². The zero-order chi connectivity index (χ0) is 14.8. The van der Waals surface area contributed by atoms with Gasteiger partial charge in [-0.05, 0) is 6.92 Å². The second kappa shape index (κ2) is 4.03. The average Bonchev–Trinajstić information content (AvgIpc) is 3.08. The van der Waals surface area contributed by atoms with Gasteiger partial charge in [0.05, 0.1) is 19.0 Å². The van der Waals surface area contributed by atoms with Gasteiger partial charge in [-0.25, -0.2) is 4.98 Å². The van der Waals surface area contributed by atoms with Gasteiger partial charge in [0.1, 0.15) is 11.7 Å². The summed E-state index contributed by atoms with van der Waals surface area (Å²) >= 11 is 0. The predicted molar refractivity (Wildman–Crippen MR) is 71.5 cm³/mol. The van der Waals surface area contributed by atoms with Crippen LogP contribution in [0, 0.1) is 0 Å². The van der Waals surface area contributed by atoms with E-state index >= 15 is 0 Å². The first-order valence-corrected chi connectivity index (χ1v) is 6.70. The number of fused-ring (bicyclic) bond motifs is 3. The van der Waals surface area contributed by atoms with Crippen LogP contribution in [0.2, 0.25) is 0 Å². The Kier molecular flexibility index (Phi) is 2.44. The number of anilines is 1. The Balaban J connectivity index is 1.81. The summed E-state index contributed by atoms with van der Waals surface area (Å²) in [7, 11) is 0. The molecule has 9 heteroatoms. The molecule has 2 bridgehead atoms. The number of H-pyrrole nitrogens is 1. The minimum absolute atomic E-state index is 0.0172. The lowest BCUT2D eigenvalue weighted by Crippen LogP contribution is -2.44. The van der Waals surface area contributed by atoms with Crippen LogP contribution >= 0.6 is 0 Å². The lowest BCUT2D eigenvalue weighted by atomic mass is 9.98. The van der Waals surface area contributed by atoms with Crippen LogP contribution in [0.3, 0.4) is 0 Å². The molecule has 0 aromatic carbocycles. The molecule has 2 fully saturated rings. The second-order valence-electron chi connectivity index (χ2n) is 5.53. The molecular formula is C12H15N5O4. The number of aliphatic hydroxyl groups is 1. The number of hydrogen-bond acceptors (Lipinski definition) is 7. The molecule has 4 heterocycles. The number of aromatic nitrogens is 4. The molecule has 0 spiro atoms. The van der Waals surface area contributed by atoms with E-state index in [0.717, 1.165) is 0 Å². The number of nitrogens with zero attached hydrogens (tertiary/aromatic N) is 3. The minimum Gasteiger partial charge on any atom is -0.393 e. The normalized spacial score (nSPS) is 34.9. The summed E-state index contributed by atoms with van der Waals surface area (Å²) in [5.41, 5.74) is 5.02. The van der Waals surface area contributed by atoms with Crippen molar-refractivity contribution in [3.63, 3.8) is 0 Å². The molecule has 4 atom stereocenters. The zero-order valence-corrected chi connectivity index (χ0v) is 11.3. The summed E-state index contributed by atoms with van der Waals surface area (Å²) in [5.74, 6) is 0.0172. The van der Waals surface area contributed by atoms with E-state index in [4.69, 9.17) is 15.2 Å². The molecule has 9 nitrogen and oxygen atoms in total. The Morgan fingerprint density at radius 3 is 3.19 bits per heavy atom. The van der Waals surface area contributed by atoms with E-state index in [-0.39, 0.29) is 30.3 Å². The largest absolute Gasteiger partial charge is 0.393 e. The summed E-state index contributed by atoms with van der Waals surface area (Å²) in [5, 5.41) is 9.61. The van der Waals surface area contributed by atoms with Crippen LogP contribution in [0.5, 0.6) is 0 Å². The number of nitrogens with two attached hydrogens (primary N) is 1. The van der Waals surface area contributed by atoms with Gasteiger partial charge in [0.25, 0.3) is 5.56 Å². The van der Waals surface area contributed by atoms with E-state index in [2.05, 4.69) is 15.0 Å². The molecule has 2 aliphatic heterocycles. The van der Waals surface area contributed by atoms with Crippen molar-refractivity contribution >= 4 is 17.1 Å². The number of nitrogen functional groups attached to an aromatic ring is 1. The van der Waals surface area contributed by atoms with Crippen molar-refractivity contribution in [3.05, 3.63) is 16.7 Å². The number of hydrogen-bond donors (Lipinski definition) is 3. The van der Waals surface area contributed by atoms with Gasteiger partial charge in [0, 0.05) is 6.42 Å². The van der Waals surface area contributed by atoms with Crippen LogP contribution in [0.25, 0.3) is 11.2 Å². The Hall–Kier alpha value is -1.97. The van der Waals surface area contributed by atoms with Crippen molar-refractivity contribution in [1.82, 2.24) is 19.5 Å². The van der Waals surface area contributed by atoms with Crippen LogP contribution in [0.4, 0.5) is 5.95 Å². The van der Waals surface area contributed by atoms with Gasteiger partial charge in [-0.1, -0.05) is 0 Å². The van der Waals surface area contributed by atoms with E-state index in [9.17, 15) is 9.90 Å². The van der Waals surface area contributed by atoms with Crippen molar-refractivity contribution in [2.45, 2.75) is 37.4 Å². The zero-order valence-electron chi connectivity index (χ0n) is 11.3. The molecule has 0 aliphatic carbocycles. The van der Waals surface area contributed by atoms with Crippen LogP contribution in [-0.4, -0.2) is 49.0 Å². The Labute approximate surface area is 118 Å². The maximum Gasteiger partial charge on any atom is 0.280 e. The smallest absolute Gasteiger partial charge is 0.280 e. The van der Waals surface area contributed by atoms with Crippen molar-refractivity contribution < 1.29 is 14.6 Å². The van der Waals surface area contributed by atoms with Crippen molar-refractivity contribution in [2.24, 2.45) is 0 Å². The quantitative estimate of drug-likeness (QED) is 0.657. The molecule has 2 aromatic rings. The third-order valence-electron chi connectivity index (χ3n) is 4.33. The van der Waals surface area contributed by atoms with Crippen LogP contribution < -0.4 is 11.3 Å². The maximum atomic E-state index is 11.8. The molecular weight excluding hydrogens is 278 g/mol. The monoisotopic (exact) mass is 293 g/mol. The van der Waals surface area contributed by atoms with Crippen molar-refractivity contribution in [2.75, 3.05) is 12.3 Å². The molecule has 112 valence electrons. The van der Waals surface area contributed by atoms with Gasteiger partial charge >= 0.3 is 0 Å². The molecule has 4 rings (SSSR count). The van der Waals surface area contributed by atoms with Gasteiger partial charge in [-0.2, -0.15) is 4.98 Å². The first-order chi connectivity index (χ1) is 10.0. The summed E-state index contributed by atoms with van der Waals surface area (Å²) in [6, 6.07) is 0. The van der Waals surface area contributed by atoms with Crippen LogP contribution in [0.1, 0.15) is 19.6 Å². The number of aromatic amines is 1. The Morgan fingerprint density at radius 1 is 1.67 bits per heavy atom. The second-order valence-corrected chi connectivity index (χ2v) is 5.53. The number of rotatable bonds is 2. The van der Waals surface area contributed by atoms with Gasteiger partial charge in [0.2, 0.25) is 5.95 Å². The molecule has 21 heavy (non-hydrogen) atoms. The van der Waals surface area contributed by atoms with Crippen molar-refractivity contribution in [1.29, 1.82) is 0 Å². The predicted octanol–water partition coefficient (Wildman–Crippen LogP) is -0.861. The number of imidazole rings is 1. The molecule has 4 N–H and O–H groups in total. The highest BCUT2D eigenvalue weighted by Gasteiger charge is 2.58. The molecule has 2 aromatic heterocycles. The Morgan fingerprint density at radius 2 is 2.48 bits per heavy atom. The van der Waals surface area contributed by atoms with E-state index in [1.54, 1.807) is 4.57 Å². The highest BCUT2D eigenvalue weighted by Crippen LogP contribution is 2.48. The Bertz CT molecular complexity index is 771. The van der Waals surface area contributed by atoms with Crippen LogP contribution in [-0.2, 0) is 9.47 Å². The summed E-state index contributed by atoms with van der Waals surface area (Å²) in [6.07, 6.45) is 1.20. The highest BCUT2D eigenvalue weighted by molar-refractivity contribution is 5.70. The topological polar surface area (TPSA) is 128 Å². The van der Waals surface area contributed by atoms with Crippen LogP contribution in [0.15, 0.2) is 11.1 Å². The SMILES string of the molecule is C[C@H]1O[C@@H]2C[C@@]1(CO)O[C@H]2n1cnc2c(=O)[nH]c(N)nc21. The number of ether oxygens (including phenoxy) is 2.